The average Bonchev–Trinajstić information content (AvgIpc) is 2.96. The highest BCUT2D eigenvalue weighted by Gasteiger charge is 2.46. The molecule has 5 aromatic carbocycles. The van der Waals surface area contributed by atoms with Gasteiger partial charge in [0.15, 0.2) is 0 Å². The van der Waals surface area contributed by atoms with Crippen LogP contribution >= 0.6 is 23.5 Å². The smallest absolute Gasteiger partial charge is 0.0642 e. The SMILES string of the molecule is CC1(C)c2cc3c(cc2N2c4ccccc4Sc4cccc1c42)C(C)(C)c1cccc2c1N3c1ccccc1S2. The quantitative estimate of drug-likeness (QED) is 0.184. The molecule has 0 radical (unpaired) electrons. The van der Waals surface area contributed by atoms with Gasteiger partial charge in [-0.3, -0.25) is 0 Å². The summed E-state index contributed by atoms with van der Waals surface area (Å²) in [5.41, 5.74) is 13.1. The van der Waals surface area contributed by atoms with Crippen molar-refractivity contribution in [2.75, 3.05) is 9.80 Å². The number of nitrogens with zero attached hydrogens (tertiary/aromatic N) is 2. The molecular formula is C36H28N2S2. The van der Waals surface area contributed by atoms with Gasteiger partial charge in [-0.15, -0.1) is 0 Å². The second-order valence-electron chi connectivity index (χ2n) is 12.3. The van der Waals surface area contributed by atoms with Crippen molar-refractivity contribution < 1.29 is 0 Å². The third-order valence-corrected chi connectivity index (χ3v) is 11.6. The standard InChI is InChI=1S/C36H28N2S2/c1-35(2)21-11-9-17-31-33(21)37(25-13-5-7-15-29(25)39-31)27-20-24-28(19-23(27)35)38-26-14-6-8-16-30(26)40-32-18-10-12-22(34(32)38)36(24,3)4/h5-20H,1-4H3. The van der Waals surface area contributed by atoms with E-state index in [2.05, 4.69) is 135 Å². The van der Waals surface area contributed by atoms with Crippen molar-refractivity contribution in [1.29, 1.82) is 0 Å². The second kappa shape index (κ2) is 7.57. The van der Waals surface area contributed by atoms with Gasteiger partial charge in [-0.2, -0.15) is 0 Å². The van der Waals surface area contributed by atoms with Crippen molar-refractivity contribution in [2.24, 2.45) is 0 Å². The first kappa shape index (κ1) is 23.1. The maximum Gasteiger partial charge on any atom is 0.0642 e. The third-order valence-electron chi connectivity index (χ3n) is 9.39. The molecule has 0 bridgehead atoms. The predicted octanol–water partition coefficient (Wildman–Crippen LogP) is 10.8. The molecule has 40 heavy (non-hydrogen) atoms. The maximum absolute atomic E-state index is 2.55. The summed E-state index contributed by atoms with van der Waals surface area (Å²) in [5.74, 6) is 0. The molecule has 2 nitrogen and oxygen atoms in total. The summed E-state index contributed by atoms with van der Waals surface area (Å²) in [6.45, 7) is 9.63. The summed E-state index contributed by atoms with van der Waals surface area (Å²) < 4.78 is 0. The van der Waals surface area contributed by atoms with Crippen molar-refractivity contribution in [3.8, 4) is 0 Å². The Morgan fingerprint density at radius 3 is 1.27 bits per heavy atom. The van der Waals surface area contributed by atoms with Crippen LogP contribution in [-0.2, 0) is 10.8 Å². The van der Waals surface area contributed by atoms with Gasteiger partial charge in [-0.25, -0.2) is 0 Å². The normalized spacial score (nSPS) is 17.6. The number of fused-ring (bicyclic) bond motifs is 8. The van der Waals surface area contributed by atoms with Crippen molar-refractivity contribution in [2.45, 2.75) is 58.1 Å². The van der Waals surface area contributed by atoms with Crippen LogP contribution in [0.5, 0.6) is 0 Å². The monoisotopic (exact) mass is 552 g/mol. The first-order valence-corrected chi connectivity index (χ1v) is 15.6. The largest absolute Gasteiger partial charge is 0.308 e. The molecule has 4 heterocycles. The van der Waals surface area contributed by atoms with Crippen LogP contribution in [0.4, 0.5) is 34.1 Å². The molecule has 0 aromatic heterocycles. The molecular weight excluding hydrogens is 525 g/mol. The van der Waals surface area contributed by atoms with Gasteiger partial charge < -0.3 is 9.80 Å². The first-order valence-electron chi connectivity index (χ1n) is 14.0. The molecule has 4 heteroatoms. The Hall–Kier alpha value is -3.60. The molecule has 0 atom stereocenters. The molecule has 5 aromatic rings. The Bertz CT molecular complexity index is 1800. The van der Waals surface area contributed by atoms with E-state index in [1.165, 1.54) is 76.0 Å². The fourth-order valence-electron chi connectivity index (χ4n) is 7.35. The van der Waals surface area contributed by atoms with E-state index in [-0.39, 0.29) is 10.8 Å². The zero-order chi connectivity index (χ0) is 27.0. The average molecular weight is 553 g/mol. The summed E-state index contributed by atoms with van der Waals surface area (Å²) in [6.07, 6.45) is 0. The highest BCUT2D eigenvalue weighted by atomic mass is 32.2. The lowest BCUT2D eigenvalue weighted by atomic mass is 9.69. The molecule has 9 rings (SSSR count). The van der Waals surface area contributed by atoms with Crippen molar-refractivity contribution in [3.63, 3.8) is 0 Å². The van der Waals surface area contributed by atoms with Crippen LogP contribution in [0.15, 0.2) is 117 Å². The number of anilines is 6. The number of benzene rings is 5. The van der Waals surface area contributed by atoms with Gasteiger partial charge in [0.2, 0.25) is 0 Å². The Kier molecular flexibility index (Phi) is 4.38. The van der Waals surface area contributed by atoms with Crippen LogP contribution < -0.4 is 9.80 Å². The number of hydrogen-bond donors (Lipinski definition) is 0. The number of hydrogen-bond acceptors (Lipinski definition) is 4. The van der Waals surface area contributed by atoms with Crippen molar-refractivity contribution >= 4 is 57.6 Å². The fraction of sp³-hybridized carbons (Fsp3) is 0.167. The molecule has 194 valence electrons. The highest BCUT2D eigenvalue weighted by Crippen LogP contribution is 2.64. The molecule has 0 amide bonds. The molecule has 0 unspecified atom stereocenters. The second-order valence-corrected chi connectivity index (χ2v) is 14.4. The van der Waals surface area contributed by atoms with E-state index in [9.17, 15) is 0 Å². The van der Waals surface area contributed by atoms with E-state index in [0.717, 1.165) is 0 Å². The lowest BCUT2D eigenvalue weighted by molar-refractivity contribution is 0.612. The minimum absolute atomic E-state index is 0.146. The van der Waals surface area contributed by atoms with Crippen LogP contribution in [0.2, 0.25) is 0 Å². The van der Waals surface area contributed by atoms with Gasteiger partial charge in [-0.1, -0.05) is 99.7 Å². The molecule has 0 spiro atoms. The van der Waals surface area contributed by atoms with Gasteiger partial charge in [0, 0.05) is 30.4 Å². The summed E-state index contributed by atoms with van der Waals surface area (Å²) >= 11 is 3.80. The topological polar surface area (TPSA) is 6.48 Å². The summed E-state index contributed by atoms with van der Waals surface area (Å²) in [4.78, 5) is 10.4. The molecule has 0 N–H and O–H groups in total. The lowest BCUT2D eigenvalue weighted by Gasteiger charge is -2.49. The van der Waals surface area contributed by atoms with Gasteiger partial charge in [0.05, 0.1) is 34.1 Å². The number of rotatable bonds is 0. The Morgan fingerprint density at radius 2 is 0.825 bits per heavy atom. The highest BCUT2D eigenvalue weighted by molar-refractivity contribution is 8.00. The van der Waals surface area contributed by atoms with Crippen molar-refractivity contribution in [1.82, 2.24) is 0 Å². The first-order chi connectivity index (χ1) is 19.4. The van der Waals surface area contributed by atoms with Gasteiger partial charge >= 0.3 is 0 Å². The van der Waals surface area contributed by atoms with Gasteiger partial charge in [0.25, 0.3) is 0 Å². The van der Waals surface area contributed by atoms with E-state index in [0.29, 0.717) is 0 Å². The van der Waals surface area contributed by atoms with Crippen LogP contribution in [0.3, 0.4) is 0 Å². The van der Waals surface area contributed by atoms with Gasteiger partial charge in [0.1, 0.15) is 0 Å². The molecule has 4 aliphatic heterocycles. The maximum atomic E-state index is 2.55. The van der Waals surface area contributed by atoms with E-state index < -0.39 is 0 Å². The van der Waals surface area contributed by atoms with E-state index in [1.807, 2.05) is 23.5 Å². The fourth-order valence-corrected chi connectivity index (χ4v) is 9.54. The predicted molar refractivity (Wildman–Crippen MR) is 168 cm³/mol. The molecule has 0 saturated carbocycles. The van der Waals surface area contributed by atoms with Crippen LogP contribution in [-0.4, -0.2) is 0 Å². The molecule has 0 fully saturated rings. The van der Waals surface area contributed by atoms with Crippen molar-refractivity contribution in [3.05, 3.63) is 119 Å². The minimum Gasteiger partial charge on any atom is -0.308 e. The zero-order valence-electron chi connectivity index (χ0n) is 22.9. The molecule has 0 saturated heterocycles. The van der Waals surface area contributed by atoms with E-state index in [4.69, 9.17) is 0 Å². The summed E-state index contributed by atoms with van der Waals surface area (Å²) in [6, 6.07) is 36.5. The van der Waals surface area contributed by atoms with E-state index >= 15 is 0 Å². The minimum atomic E-state index is -0.146. The van der Waals surface area contributed by atoms with Gasteiger partial charge in [-0.05, 0) is 70.8 Å². The van der Waals surface area contributed by atoms with Crippen LogP contribution in [0, 0.1) is 0 Å². The Morgan fingerprint density at radius 1 is 0.425 bits per heavy atom. The van der Waals surface area contributed by atoms with Crippen LogP contribution in [0.1, 0.15) is 49.9 Å². The van der Waals surface area contributed by atoms with E-state index in [1.54, 1.807) is 0 Å². The molecule has 4 aliphatic rings. The number of para-hydroxylation sites is 4. The third kappa shape index (κ3) is 2.74. The Labute approximate surface area is 244 Å². The molecule has 0 aliphatic carbocycles. The lowest BCUT2D eigenvalue weighted by Crippen LogP contribution is -2.36. The summed E-state index contributed by atoms with van der Waals surface area (Å²) in [5, 5.41) is 0. The Balaban J connectivity index is 1.39. The van der Waals surface area contributed by atoms with Crippen LogP contribution in [0.25, 0.3) is 0 Å². The zero-order valence-corrected chi connectivity index (χ0v) is 24.6. The summed E-state index contributed by atoms with van der Waals surface area (Å²) in [7, 11) is 0.